The van der Waals surface area contributed by atoms with Crippen LogP contribution >= 0.6 is 11.6 Å². The summed E-state index contributed by atoms with van der Waals surface area (Å²) in [7, 11) is 2.03. The fourth-order valence-electron chi connectivity index (χ4n) is 0.724. The highest BCUT2D eigenvalue weighted by Gasteiger charge is 1.98. The van der Waals surface area contributed by atoms with Crippen molar-refractivity contribution in [1.29, 1.82) is 0 Å². The van der Waals surface area contributed by atoms with Gasteiger partial charge in [-0.3, -0.25) is 0 Å². The second-order valence-electron chi connectivity index (χ2n) is 2.29. The smallest absolute Gasteiger partial charge is 0.0435 e. The summed E-state index contributed by atoms with van der Waals surface area (Å²) in [6.45, 7) is 7.45. The lowest BCUT2D eigenvalue weighted by atomic mass is 10.4. The van der Waals surface area contributed by atoms with Crippen LogP contribution in [0.5, 0.6) is 0 Å². The first kappa shape index (κ1) is 8.99. The van der Waals surface area contributed by atoms with E-state index < -0.39 is 0 Å². The third kappa shape index (κ3) is 5.87. The number of rotatable bonds is 4. The molecule has 0 N–H and O–H groups in total. The Balaban J connectivity index is 3.25. The van der Waals surface area contributed by atoms with Crippen LogP contribution in [0.4, 0.5) is 0 Å². The summed E-state index contributed by atoms with van der Waals surface area (Å²) in [4.78, 5) is 2.13. The van der Waals surface area contributed by atoms with Crippen LogP contribution in [0.1, 0.15) is 6.92 Å². The minimum absolute atomic E-state index is 0.231. The molecule has 0 rings (SSSR count). The third-order valence-corrected chi connectivity index (χ3v) is 1.14. The molecular formula is C7H14ClN. The quantitative estimate of drug-likeness (QED) is 0.433. The van der Waals surface area contributed by atoms with Gasteiger partial charge < -0.3 is 4.90 Å². The second-order valence-corrected chi connectivity index (χ2v) is 3.04. The Labute approximate surface area is 62.3 Å². The van der Waals surface area contributed by atoms with Gasteiger partial charge in [-0.15, -0.1) is 18.2 Å². The molecular weight excluding hydrogens is 134 g/mol. The van der Waals surface area contributed by atoms with Crippen LogP contribution in [0.2, 0.25) is 0 Å². The molecule has 0 aromatic carbocycles. The molecule has 1 unspecified atom stereocenters. The molecule has 1 nitrogen and oxygen atoms in total. The van der Waals surface area contributed by atoms with Crippen LogP contribution < -0.4 is 0 Å². The third-order valence-electron chi connectivity index (χ3n) is 1.00. The number of nitrogens with zero attached hydrogens (tertiary/aromatic N) is 1. The van der Waals surface area contributed by atoms with Crippen LogP contribution in [0, 0.1) is 0 Å². The summed E-state index contributed by atoms with van der Waals surface area (Å²) in [5, 5.41) is 0.231. The van der Waals surface area contributed by atoms with Crippen molar-refractivity contribution in [2.45, 2.75) is 12.3 Å². The van der Waals surface area contributed by atoms with Crippen molar-refractivity contribution >= 4 is 11.6 Å². The van der Waals surface area contributed by atoms with Gasteiger partial charge in [-0.1, -0.05) is 6.08 Å². The van der Waals surface area contributed by atoms with E-state index in [2.05, 4.69) is 11.5 Å². The van der Waals surface area contributed by atoms with E-state index in [9.17, 15) is 0 Å². The lowest BCUT2D eigenvalue weighted by Gasteiger charge is -2.14. The molecule has 0 aromatic rings. The Bertz CT molecular complexity index is 81.0. The van der Waals surface area contributed by atoms with Gasteiger partial charge in [-0.2, -0.15) is 0 Å². The van der Waals surface area contributed by atoms with E-state index in [1.807, 2.05) is 20.0 Å². The number of alkyl halides is 1. The fraction of sp³-hybridized carbons (Fsp3) is 0.714. The molecule has 0 aliphatic rings. The largest absolute Gasteiger partial charge is 0.301 e. The topological polar surface area (TPSA) is 3.24 Å². The van der Waals surface area contributed by atoms with E-state index in [1.54, 1.807) is 0 Å². The average molecular weight is 148 g/mol. The minimum atomic E-state index is 0.231. The highest BCUT2D eigenvalue weighted by Crippen LogP contribution is 1.95. The minimum Gasteiger partial charge on any atom is -0.301 e. The Morgan fingerprint density at radius 2 is 2.33 bits per heavy atom. The van der Waals surface area contributed by atoms with E-state index in [1.165, 1.54) is 0 Å². The summed E-state index contributed by atoms with van der Waals surface area (Å²) in [6.07, 6.45) is 1.87. The Morgan fingerprint density at radius 1 is 1.78 bits per heavy atom. The van der Waals surface area contributed by atoms with Crippen molar-refractivity contribution in [3.8, 4) is 0 Å². The van der Waals surface area contributed by atoms with Gasteiger partial charge in [0.2, 0.25) is 0 Å². The SMILES string of the molecule is C=CCN(C)CC(C)Cl. The van der Waals surface area contributed by atoms with Gasteiger partial charge in [0, 0.05) is 18.5 Å². The highest BCUT2D eigenvalue weighted by atomic mass is 35.5. The van der Waals surface area contributed by atoms with Gasteiger partial charge in [0.25, 0.3) is 0 Å². The van der Waals surface area contributed by atoms with Crippen molar-refractivity contribution in [2.75, 3.05) is 20.1 Å². The summed E-state index contributed by atoms with van der Waals surface area (Å²) < 4.78 is 0. The van der Waals surface area contributed by atoms with Gasteiger partial charge >= 0.3 is 0 Å². The van der Waals surface area contributed by atoms with Crippen LogP contribution in [-0.4, -0.2) is 30.4 Å². The highest BCUT2D eigenvalue weighted by molar-refractivity contribution is 6.20. The first-order chi connectivity index (χ1) is 4.16. The van der Waals surface area contributed by atoms with Crippen LogP contribution in [0.3, 0.4) is 0 Å². The molecule has 0 heterocycles. The molecule has 0 fully saturated rings. The molecule has 0 saturated heterocycles. The van der Waals surface area contributed by atoms with Crippen LogP contribution in [0.25, 0.3) is 0 Å². The predicted octanol–water partition coefficient (Wildman–Crippen LogP) is 1.73. The van der Waals surface area contributed by atoms with Gasteiger partial charge in [-0.25, -0.2) is 0 Å². The zero-order valence-corrected chi connectivity index (χ0v) is 6.86. The maximum Gasteiger partial charge on any atom is 0.0435 e. The molecule has 0 saturated carbocycles. The molecule has 1 atom stereocenters. The Kier molecular flexibility index (Phi) is 4.83. The summed E-state index contributed by atoms with van der Waals surface area (Å²) >= 11 is 5.73. The lowest BCUT2D eigenvalue weighted by Crippen LogP contribution is -2.24. The first-order valence-corrected chi connectivity index (χ1v) is 3.54. The molecule has 0 aliphatic heterocycles. The molecule has 2 heteroatoms. The number of likely N-dealkylation sites (N-methyl/N-ethyl adjacent to an activating group) is 1. The van der Waals surface area contributed by atoms with E-state index in [-0.39, 0.29) is 5.38 Å². The predicted molar refractivity (Wildman–Crippen MR) is 43.0 cm³/mol. The maximum absolute atomic E-state index is 5.73. The van der Waals surface area contributed by atoms with Crippen LogP contribution in [0.15, 0.2) is 12.7 Å². The number of hydrogen-bond donors (Lipinski definition) is 0. The molecule has 0 aliphatic carbocycles. The van der Waals surface area contributed by atoms with Gasteiger partial charge in [0.05, 0.1) is 0 Å². The first-order valence-electron chi connectivity index (χ1n) is 3.10. The zero-order valence-electron chi connectivity index (χ0n) is 6.10. The molecule has 0 radical (unpaired) electrons. The van der Waals surface area contributed by atoms with Crippen molar-refractivity contribution < 1.29 is 0 Å². The number of hydrogen-bond acceptors (Lipinski definition) is 1. The Hall–Kier alpha value is -0.0100. The van der Waals surface area contributed by atoms with E-state index in [4.69, 9.17) is 11.6 Å². The van der Waals surface area contributed by atoms with Gasteiger partial charge in [-0.05, 0) is 14.0 Å². The van der Waals surface area contributed by atoms with Gasteiger partial charge in [0.15, 0.2) is 0 Å². The Morgan fingerprint density at radius 3 is 2.67 bits per heavy atom. The molecule has 9 heavy (non-hydrogen) atoms. The summed E-state index contributed by atoms with van der Waals surface area (Å²) in [6, 6.07) is 0. The van der Waals surface area contributed by atoms with E-state index >= 15 is 0 Å². The van der Waals surface area contributed by atoms with Crippen LogP contribution in [-0.2, 0) is 0 Å². The van der Waals surface area contributed by atoms with Crippen molar-refractivity contribution in [3.63, 3.8) is 0 Å². The normalized spacial score (nSPS) is 13.8. The lowest BCUT2D eigenvalue weighted by molar-refractivity contribution is 0.374. The van der Waals surface area contributed by atoms with Crippen molar-refractivity contribution in [3.05, 3.63) is 12.7 Å². The molecule has 0 bridgehead atoms. The summed E-state index contributed by atoms with van der Waals surface area (Å²) in [5.41, 5.74) is 0. The standard InChI is InChI=1S/C7H14ClN/c1-4-5-9(3)6-7(2)8/h4,7H,1,5-6H2,2-3H3. The fourth-order valence-corrected chi connectivity index (χ4v) is 0.960. The molecule has 54 valence electrons. The molecule has 0 spiro atoms. The van der Waals surface area contributed by atoms with E-state index in [0.29, 0.717) is 0 Å². The van der Waals surface area contributed by atoms with Crippen molar-refractivity contribution in [1.82, 2.24) is 4.90 Å². The van der Waals surface area contributed by atoms with Crippen molar-refractivity contribution in [2.24, 2.45) is 0 Å². The zero-order chi connectivity index (χ0) is 7.28. The maximum atomic E-state index is 5.73. The molecule has 0 amide bonds. The monoisotopic (exact) mass is 147 g/mol. The summed E-state index contributed by atoms with van der Waals surface area (Å²) in [5.74, 6) is 0. The number of halogens is 1. The second kappa shape index (κ2) is 4.83. The average Bonchev–Trinajstić information content (AvgIpc) is 1.63. The molecule has 0 aromatic heterocycles. The van der Waals surface area contributed by atoms with Gasteiger partial charge in [0.1, 0.15) is 0 Å². The van der Waals surface area contributed by atoms with E-state index in [0.717, 1.165) is 13.1 Å².